The van der Waals surface area contributed by atoms with Gasteiger partial charge in [0.25, 0.3) is 5.91 Å². The van der Waals surface area contributed by atoms with Gasteiger partial charge in [0.1, 0.15) is 30.8 Å². The van der Waals surface area contributed by atoms with Crippen LogP contribution in [0.5, 0.6) is 0 Å². The lowest BCUT2D eigenvalue weighted by Crippen LogP contribution is -2.63. The standard InChI is InChI=1S/C63H95N11O15/c1-17-86-47(75)31-30-44(58(82)87-18-2)69-55(79)49(59(83)88-19-3)70-52(76)38(8)33-46(36(4)5)73(15)57(81)50(62(9,10)11)71-56(80)51(63(12,13)42-34-72(14)45-25-21-20-23-41(42)45)74(16)61(85)89-35-39-26-28-40(29-27-39)67-53(77)43(24-22-32-66-60(65)84)68-54(78)48(64)37(6)7/h20-21,23,25-29,33-34,36-37,43-44,46,48-51H,17-19,22,24,30-32,35,64H2,1-16H3,(H,67,77)(H,68,78)(H,69,79)(H,70,76)(H,71,80)(H3,65,66,84)/b38-33+/t43-,44+,46+,48-,49+,50+,51?/m0/s1. The Morgan fingerprint density at radius 1 is 0.685 bits per heavy atom. The first-order valence-corrected chi connectivity index (χ1v) is 29.9. The van der Waals surface area contributed by atoms with Crippen LogP contribution < -0.4 is 43.4 Å². The maximum atomic E-state index is 15.4. The van der Waals surface area contributed by atoms with Crippen molar-refractivity contribution >= 4 is 82.1 Å². The van der Waals surface area contributed by atoms with E-state index < -0.39 is 119 Å². The molecule has 26 nitrogen and oxygen atoms in total. The number of aryl methyl sites for hydroxylation is 1. The number of rotatable bonds is 32. The van der Waals surface area contributed by atoms with Gasteiger partial charge >= 0.3 is 30.0 Å². The summed E-state index contributed by atoms with van der Waals surface area (Å²) < 4.78 is 23.0. The van der Waals surface area contributed by atoms with Gasteiger partial charge in [-0.2, -0.15) is 0 Å². The van der Waals surface area contributed by atoms with Crippen LogP contribution in [-0.2, 0) is 81.2 Å². The predicted octanol–water partition coefficient (Wildman–Crippen LogP) is 4.35. The molecule has 3 aromatic rings. The van der Waals surface area contributed by atoms with Crippen molar-refractivity contribution in [1.82, 2.24) is 41.0 Å². The van der Waals surface area contributed by atoms with Gasteiger partial charge in [-0.1, -0.05) is 98.7 Å². The van der Waals surface area contributed by atoms with Crippen LogP contribution in [0.1, 0.15) is 127 Å². The zero-order valence-electron chi connectivity index (χ0n) is 54.5. The van der Waals surface area contributed by atoms with Gasteiger partial charge in [-0.3, -0.25) is 38.5 Å². The number of carbonyl (C=O) groups is 11. The fourth-order valence-electron chi connectivity index (χ4n) is 9.86. The van der Waals surface area contributed by atoms with E-state index in [2.05, 4.69) is 31.9 Å². The van der Waals surface area contributed by atoms with Crippen molar-refractivity contribution in [2.24, 2.45) is 35.8 Å². The molecule has 0 radical (unpaired) electrons. The third kappa shape index (κ3) is 21.6. The Bertz CT molecular complexity index is 3000. The van der Waals surface area contributed by atoms with Gasteiger partial charge in [0, 0.05) is 67.9 Å². The number of nitrogens with two attached hydrogens (primary N) is 2. The molecule has 26 heteroatoms. The van der Waals surface area contributed by atoms with Crippen LogP contribution in [0.4, 0.5) is 15.3 Å². The van der Waals surface area contributed by atoms with Gasteiger partial charge in [-0.15, -0.1) is 0 Å². The Hall–Kier alpha value is -8.55. The minimum atomic E-state index is -1.97. The van der Waals surface area contributed by atoms with Crippen LogP contribution in [0.2, 0.25) is 0 Å². The number of anilines is 1. The smallest absolute Gasteiger partial charge is 0.410 e. The summed E-state index contributed by atoms with van der Waals surface area (Å²) in [5.41, 5.74) is 11.5. The average molecular weight is 1250 g/mol. The zero-order chi connectivity index (χ0) is 67.2. The zero-order valence-corrected chi connectivity index (χ0v) is 54.5. The van der Waals surface area contributed by atoms with Gasteiger partial charge in [-0.25, -0.2) is 19.2 Å². The molecule has 0 aliphatic heterocycles. The third-order valence-corrected chi connectivity index (χ3v) is 15.0. The summed E-state index contributed by atoms with van der Waals surface area (Å²) in [6.45, 7) is 21.9. The Morgan fingerprint density at radius 3 is 1.85 bits per heavy atom. The molecule has 10 N–H and O–H groups in total. The number of nitrogens with one attached hydrogen (secondary N) is 6. The number of ether oxygens (including phenoxy) is 4. The SMILES string of the molecule is CCOC(=O)CC[C@@H](NC(=O)[C@@H](NC(=O)/C(C)=C/[C@H](C(C)C)N(C)C(=O)[C@@H](NC(=O)C(N(C)C(=O)OCc1ccc(NC(=O)[C@H](CCCNC(N)=O)NC(=O)[C@@H](N)C(C)C)cc1)C(C)(C)c1cn(C)c2ccccc12)C(C)(C)C)C(=O)OCC)C(=O)OCC. The molecule has 492 valence electrons. The fourth-order valence-corrected chi connectivity index (χ4v) is 9.86. The number of esters is 3. The summed E-state index contributed by atoms with van der Waals surface area (Å²) in [7, 11) is 4.81. The highest BCUT2D eigenvalue weighted by Gasteiger charge is 2.47. The van der Waals surface area contributed by atoms with Crippen molar-refractivity contribution in [3.05, 3.63) is 77.5 Å². The third-order valence-electron chi connectivity index (χ3n) is 15.0. The molecule has 89 heavy (non-hydrogen) atoms. The van der Waals surface area contributed by atoms with E-state index in [1.54, 1.807) is 86.6 Å². The number of hydrogen-bond acceptors (Lipinski definition) is 16. The first-order chi connectivity index (χ1) is 41.6. The van der Waals surface area contributed by atoms with Gasteiger partial charge in [0.15, 0.2) is 0 Å². The number of hydrogen-bond donors (Lipinski definition) is 8. The predicted molar refractivity (Wildman–Crippen MR) is 334 cm³/mol. The molecule has 9 amide bonds. The summed E-state index contributed by atoms with van der Waals surface area (Å²) in [5.74, 6) is -7.57. The number of primary amides is 1. The Labute approximate surface area is 522 Å². The van der Waals surface area contributed by atoms with Crippen LogP contribution in [0.15, 0.2) is 66.4 Å². The minimum absolute atomic E-state index is 0.0197. The molecule has 0 saturated heterocycles. The lowest BCUT2D eigenvalue weighted by Gasteiger charge is -2.42. The summed E-state index contributed by atoms with van der Waals surface area (Å²) >= 11 is 0. The van der Waals surface area contributed by atoms with Crippen molar-refractivity contribution in [2.45, 2.75) is 170 Å². The average Bonchev–Trinajstić information content (AvgIpc) is 1.72. The van der Waals surface area contributed by atoms with Crippen molar-refractivity contribution in [3.63, 3.8) is 0 Å². The largest absolute Gasteiger partial charge is 0.466 e. The number of aromatic nitrogens is 1. The van der Waals surface area contributed by atoms with E-state index in [9.17, 15) is 43.2 Å². The summed E-state index contributed by atoms with van der Waals surface area (Å²) in [4.78, 5) is 151. The molecule has 2 aromatic carbocycles. The number of benzene rings is 2. The number of carbonyl (C=O) groups excluding carboxylic acids is 11. The quantitative estimate of drug-likeness (QED) is 0.0142. The van der Waals surface area contributed by atoms with Crippen molar-refractivity contribution in [1.29, 1.82) is 0 Å². The molecule has 1 heterocycles. The highest BCUT2D eigenvalue weighted by atomic mass is 16.6. The van der Waals surface area contributed by atoms with E-state index in [0.29, 0.717) is 23.2 Å². The summed E-state index contributed by atoms with van der Waals surface area (Å²) in [6.07, 6.45) is 2.45. The number of fused-ring (bicyclic) bond motifs is 1. The molecular weight excluding hydrogens is 1150 g/mol. The molecule has 0 saturated carbocycles. The maximum absolute atomic E-state index is 15.4. The van der Waals surface area contributed by atoms with Crippen LogP contribution in [0, 0.1) is 17.3 Å². The van der Waals surface area contributed by atoms with Gasteiger partial charge in [-0.05, 0) is 93.5 Å². The Balaban J connectivity index is 1.97. The monoisotopic (exact) mass is 1250 g/mol. The van der Waals surface area contributed by atoms with Gasteiger partial charge in [0.2, 0.25) is 35.6 Å². The molecule has 0 aliphatic carbocycles. The van der Waals surface area contributed by atoms with E-state index in [-0.39, 0.29) is 69.6 Å². The van der Waals surface area contributed by atoms with Gasteiger partial charge in [0.05, 0.1) is 31.9 Å². The van der Waals surface area contributed by atoms with E-state index in [4.69, 9.17) is 30.4 Å². The number of amides is 9. The Kier molecular flexibility index (Phi) is 28.8. The molecule has 3 rings (SSSR count). The van der Waals surface area contributed by atoms with Crippen LogP contribution in [0.3, 0.4) is 0 Å². The highest BCUT2D eigenvalue weighted by Crippen LogP contribution is 2.37. The van der Waals surface area contributed by atoms with E-state index >= 15 is 9.59 Å². The molecule has 1 unspecified atom stereocenters. The number of likely N-dealkylation sites (N-methyl/N-ethyl adjacent to an activating group) is 2. The number of para-hydroxylation sites is 1. The van der Waals surface area contributed by atoms with E-state index in [1.165, 1.54) is 43.8 Å². The first-order valence-electron chi connectivity index (χ1n) is 29.9. The van der Waals surface area contributed by atoms with Crippen LogP contribution in [-0.4, -0.2) is 163 Å². The molecule has 1 aromatic heterocycles. The lowest BCUT2D eigenvalue weighted by atomic mass is 9.76. The molecule has 0 aliphatic rings. The molecule has 0 fully saturated rings. The lowest BCUT2D eigenvalue weighted by molar-refractivity contribution is -0.154. The summed E-state index contributed by atoms with van der Waals surface area (Å²) in [5, 5.41) is 16.6. The topological polar surface area (TPSA) is 360 Å². The number of urea groups is 1. The normalized spacial score (nSPS) is 14.1. The van der Waals surface area contributed by atoms with Crippen molar-refractivity contribution in [3.8, 4) is 0 Å². The molecule has 0 spiro atoms. The highest BCUT2D eigenvalue weighted by molar-refractivity contribution is 6.08. The van der Waals surface area contributed by atoms with E-state index in [1.807, 2.05) is 55.9 Å². The second-order valence-corrected chi connectivity index (χ2v) is 24.1. The maximum Gasteiger partial charge on any atom is 0.410 e. The van der Waals surface area contributed by atoms with Crippen molar-refractivity contribution in [2.75, 3.05) is 45.8 Å². The number of nitrogens with zero attached hydrogens (tertiary/aromatic N) is 3. The molecule has 7 atom stereocenters. The first kappa shape index (κ1) is 74.7. The summed E-state index contributed by atoms with van der Waals surface area (Å²) in [6, 6.07) is 4.61. The minimum Gasteiger partial charge on any atom is -0.466 e. The van der Waals surface area contributed by atoms with E-state index in [0.717, 1.165) is 10.9 Å². The Morgan fingerprint density at radius 2 is 1.28 bits per heavy atom. The fraction of sp³-hybridized carbons (Fsp3) is 0.571. The van der Waals surface area contributed by atoms with Crippen LogP contribution in [0.25, 0.3) is 10.9 Å². The van der Waals surface area contributed by atoms with Crippen LogP contribution >= 0.6 is 0 Å². The molecular formula is C63H95N11O15. The second-order valence-electron chi connectivity index (χ2n) is 24.1. The second kappa shape index (κ2) is 34.3. The van der Waals surface area contributed by atoms with Crippen molar-refractivity contribution < 1.29 is 71.7 Å². The molecule has 0 bridgehead atoms. The van der Waals surface area contributed by atoms with Gasteiger partial charge < -0.3 is 71.8 Å².